The summed E-state index contributed by atoms with van der Waals surface area (Å²) in [4.78, 5) is 41.8. The van der Waals surface area contributed by atoms with Crippen molar-refractivity contribution in [3.8, 4) is 0 Å². The smallest absolute Gasteiger partial charge is 0.339 e. The van der Waals surface area contributed by atoms with Crippen LogP contribution in [0, 0.1) is 5.92 Å². The number of aryl methyl sites for hydroxylation is 1. The maximum absolute atomic E-state index is 12.8. The van der Waals surface area contributed by atoms with Gasteiger partial charge in [-0.1, -0.05) is 38.0 Å². The van der Waals surface area contributed by atoms with Gasteiger partial charge in [0.25, 0.3) is 5.91 Å². The average molecular weight is 409 g/mol. The molecule has 30 heavy (non-hydrogen) atoms. The van der Waals surface area contributed by atoms with Gasteiger partial charge in [0.15, 0.2) is 6.61 Å². The van der Waals surface area contributed by atoms with E-state index >= 15 is 0 Å². The molecule has 1 saturated carbocycles. The number of rotatable bonds is 4. The van der Waals surface area contributed by atoms with E-state index in [1.165, 1.54) is 6.42 Å². The van der Waals surface area contributed by atoms with E-state index in [0.29, 0.717) is 11.5 Å². The van der Waals surface area contributed by atoms with Crippen LogP contribution < -0.4 is 10.6 Å². The SMILES string of the molecule is C[C@H]1CCCC[C@@H]1NC(=O)NC(=O)COC(=O)c1c2c(nc3ccccc13)CCC2. The van der Waals surface area contributed by atoms with Gasteiger partial charge in [0.1, 0.15) is 0 Å². The number of carbonyl (C=O) groups excluding carboxylic acids is 3. The fourth-order valence-electron chi connectivity index (χ4n) is 4.55. The van der Waals surface area contributed by atoms with Crippen LogP contribution in [0.2, 0.25) is 0 Å². The number of hydrogen-bond donors (Lipinski definition) is 2. The molecule has 1 heterocycles. The second-order valence-electron chi connectivity index (χ2n) is 8.25. The third-order valence-corrected chi connectivity index (χ3v) is 6.14. The molecule has 2 atom stereocenters. The molecule has 0 aliphatic heterocycles. The molecule has 0 spiro atoms. The van der Waals surface area contributed by atoms with Crippen LogP contribution in [0.4, 0.5) is 4.79 Å². The second kappa shape index (κ2) is 8.81. The Morgan fingerprint density at radius 3 is 2.73 bits per heavy atom. The van der Waals surface area contributed by atoms with Gasteiger partial charge in [0.2, 0.25) is 0 Å². The lowest BCUT2D eigenvalue weighted by molar-refractivity contribution is -0.123. The summed E-state index contributed by atoms with van der Waals surface area (Å²) in [5, 5.41) is 5.85. The number of esters is 1. The summed E-state index contributed by atoms with van der Waals surface area (Å²) in [6.45, 7) is 1.60. The Labute approximate surface area is 175 Å². The number of urea groups is 1. The molecule has 0 saturated heterocycles. The molecule has 2 aromatic rings. The lowest BCUT2D eigenvalue weighted by Gasteiger charge is -2.29. The van der Waals surface area contributed by atoms with Crippen molar-refractivity contribution >= 4 is 28.8 Å². The Hall–Kier alpha value is -2.96. The maximum atomic E-state index is 12.8. The van der Waals surface area contributed by atoms with Crippen LogP contribution in [-0.4, -0.2) is 35.5 Å². The third kappa shape index (κ3) is 4.30. The fraction of sp³-hybridized carbons (Fsp3) is 0.478. The molecule has 0 unspecified atom stereocenters. The number of hydrogen-bond acceptors (Lipinski definition) is 5. The van der Waals surface area contributed by atoms with Gasteiger partial charge in [-0.25, -0.2) is 9.59 Å². The lowest BCUT2D eigenvalue weighted by atomic mass is 9.86. The highest BCUT2D eigenvalue weighted by atomic mass is 16.5. The maximum Gasteiger partial charge on any atom is 0.339 e. The van der Waals surface area contributed by atoms with Gasteiger partial charge in [-0.05, 0) is 49.7 Å². The van der Waals surface area contributed by atoms with Crippen LogP contribution in [0.25, 0.3) is 10.9 Å². The normalized spacial score (nSPS) is 20.4. The Morgan fingerprint density at radius 1 is 1.10 bits per heavy atom. The van der Waals surface area contributed by atoms with Crippen molar-refractivity contribution in [2.24, 2.45) is 5.92 Å². The minimum Gasteiger partial charge on any atom is -0.452 e. The number of benzene rings is 1. The summed E-state index contributed by atoms with van der Waals surface area (Å²) >= 11 is 0. The molecule has 1 aromatic carbocycles. The van der Waals surface area contributed by atoms with Crippen LogP contribution in [-0.2, 0) is 22.4 Å². The number of ether oxygens (including phenoxy) is 1. The van der Waals surface area contributed by atoms with E-state index in [2.05, 4.69) is 22.5 Å². The number of imide groups is 1. The Balaban J connectivity index is 1.38. The van der Waals surface area contributed by atoms with Crippen molar-refractivity contribution in [3.05, 3.63) is 41.1 Å². The van der Waals surface area contributed by atoms with E-state index in [9.17, 15) is 14.4 Å². The number of pyridine rings is 1. The van der Waals surface area contributed by atoms with Gasteiger partial charge in [-0.2, -0.15) is 0 Å². The third-order valence-electron chi connectivity index (χ3n) is 6.14. The first kappa shape index (κ1) is 20.3. The second-order valence-corrected chi connectivity index (χ2v) is 8.25. The van der Waals surface area contributed by atoms with Crippen molar-refractivity contribution in [1.29, 1.82) is 0 Å². The molecular weight excluding hydrogens is 382 g/mol. The van der Waals surface area contributed by atoms with Crippen molar-refractivity contribution in [3.63, 3.8) is 0 Å². The zero-order valence-electron chi connectivity index (χ0n) is 17.2. The van der Waals surface area contributed by atoms with Crippen LogP contribution >= 0.6 is 0 Å². The van der Waals surface area contributed by atoms with E-state index in [0.717, 1.165) is 60.7 Å². The van der Waals surface area contributed by atoms with Gasteiger partial charge in [-0.15, -0.1) is 0 Å². The molecule has 7 nitrogen and oxygen atoms in total. The predicted molar refractivity (Wildman–Crippen MR) is 112 cm³/mol. The van der Waals surface area contributed by atoms with E-state index in [-0.39, 0.29) is 6.04 Å². The van der Waals surface area contributed by atoms with Gasteiger partial charge >= 0.3 is 12.0 Å². The molecule has 2 N–H and O–H groups in total. The molecule has 0 radical (unpaired) electrons. The molecule has 7 heteroatoms. The first-order chi connectivity index (χ1) is 14.5. The monoisotopic (exact) mass is 409 g/mol. The molecular formula is C23H27N3O4. The van der Waals surface area contributed by atoms with Crippen LogP contribution in [0.5, 0.6) is 0 Å². The first-order valence-electron chi connectivity index (χ1n) is 10.7. The molecule has 3 amide bonds. The number of para-hydroxylation sites is 1. The highest BCUT2D eigenvalue weighted by Gasteiger charge is 2.26. The van der Waals surface area contributed by atoms with Gasteiger partial charge in [-0.3, -0.25) is 15.1 Å². The van der Waals surface area contributed by atoms with Gasteiger partial charge < -0.3 is 10.1 Å². The predicted octanol–water partition coefficient (Wildman–Crippen LogP) is 3.28. The quantitative estimate of drug-likeness (QED) is 0.756. The highest BCUT2D eigenvalue weighted by Crippen LogP contribution is 2.30. The number of nitrogens with one attached hydrogen (secondary N) is 2. The van der Waals surface area contributed by atoms with Crippen molar-refractivity contribution < 1.29 is 19.1 Å². The van der Waals surface area contributed by atoms with E-state index in [1.807, 2.05) is 24.3 Å². The number of nitrogens with zero attached hydrogens (tertiary/aromatic N) is 1. The van der Waals surface area contributed by atoms with Crippen LogP contribution in [0.1, 0.15) is 60.6 Å². The summed E-state index contributed by atoms with van der Waals surface area (Å²) < 4.78 is 5.28. The largest absolute Gasteiger partial charge is 0.452 e. The molecule has 1 aromatic heterocycles. The molecule has 0 bridgehead atoms. The Kier molecular flexibility index (Phi) is 5.97. The molecule has 2 aliphatic rings. The summed E-state index contributed by atoms with van der Waals surface area (Å²) in [6, 6.07) is 6.98. The van der Waals surface area contributed by atoms with Crippen LogP contribution in [0.15, 0.2) is 24.3 Å². The summed E-state index contributed by atoms with van der Waals surface area (Å²) in [5.41, 5.74) is 3.06. The van der Waals surface area contributed by atoms with E-state index < -0.39 is 24.5 Å². The van der Waals surface area contributed by atoms with Gasteiger partial charge in [0.05, 0.1) is 11.1 Å². The highest BCUT2D eigenvalue weighted by molar-refractivity contribution is 6.06. The van der Waals surface area contributed by atoms with Gasteiger partial charge in [0, 0.05) is 17.1 Å². The Bertz CT molecular complexity index is 988. The number of aromatic nitrogens is 1. The zero-order valence-corrected chi connectivity index (χ0v) is 17.2. The molecule has 1 fully saturated rings. The summed E-state index contributed by atoms with van der Waals surface area (Å²) in [7, 11) is 0. The van der Waals surface area contributed by atoms with Crippen molar-refractivity contribution in [2.45, 2.75) is 57.9 Å². The van der Waals surface area contributed by atoms with E-state index in [1.54, 1.807) is 0 Å². The first-order valence-corrected chi connectivity index (χ1v) is 10.7. The number of fused-ring (bicyclic) bond motifs is 2. The van der Waals surface area contributed by atoms with Crippen molar-refractivity contribution in [1.82, 2.24) is 15.6 Å². The minimum atomic E-state index is -0.640. The minimum absolute atomic E-state index is 0.0693. The molecule has 2 aliphatic carbocycles. The van der Waals surface area contributed by atoms with Crippen LogP contribution in [0.3, 0.4) is 0 Å². The molecule has 158 valence electrons. The number of amides is 3. The lowest BCUT2D eigenvalue weighted by Crippen LogP contribution is -2.48. The van der Waals surface area contributed by atoms with Crippen molar-refractivity contribution in [2.75, 3.05) is 6.61 Å². The average Bonchev–Trinajstić information content (AvgIpc) is 3.19. The topological polar surface area (TPSA) is 97.4 Å². The Morgan fingerprint density at radius 2 is 1.90 bits per heavy atom. The summed E-state index contributed by atoms with van der Waals surface area (Å²) in [5.74, 6) is -0.804. The standard InChI is InChI=1S/C23H27N3O4/c1-14-7-2-4-10-17(14)25-23(29)26-20(27)13-30-22(28)21-15-8-3-5-11-18(15)24-19-12-6-9-16(19)21/h3,5,8,11,14,17H,2,4,6-7,9-10,12-13H2,1H3,(H2,25,26,27,29)/t14-,17-/m0/s1. The fourth-order valence-corrected chi connectivity index (χ4v) is 4.55. The zero-order chi connectivity index (χ0) is 21.1. The molecule has 4 rings (SSSR count). The summed E-state index contributed by atoms with van der Waals surface area (Å²) in [6.07, 6.45) is 6.78. The van der Waals surface area contributed by atoms with E-state index in [4.69, 9.17) is 4.74 Å². The number of carbonyl (C=O) groups is 3.